The van der Waals surface area contributed by atoms with Crippen molar-refractivity contribution in [3.63, 3.8) is 0 Å². The predicted molar refractivity (Wildman–Crippen MR) is 192 cm³/mol. The lowest BCUT2D eigenvalue weighted by molar-refractivity contribution is -0.115. The van der Waals surface area contributed by atoms with Gasteiger partial charge in [-0.05, 0) is 86.1 Å². The second kappa shape index (κ2) is 17.0. The standard InChI is InChI=1S/C35H48F2N7O6P/c1-23(2)44(16-18-48-51(46,49-34(3,4)5)50-35(6,7)8)15-10-17-47-25-13-14-26-29(21-25)38-22-39-33(26)41-30-19-24(42-43-30)20-31(45)40-28-12-9-11-27(36)32(28)37/h9,11-14,19,21-23H,10,15-18,20H2,1-8H3,(H,40,45)(H2,38,39,41,42,43). The van der Waals surface area contributed by atoms with Gasteiger partial charge in [0, 0.05) is 42.3 Å². The fourth-order valence-corrected chi connectivity index (χ4v) is 6.72. The molecule has 51 heavy (non-hydrogen) atoms. The van der Waals surface area contributed by atoms with E-state index in [2.05, 4.69) is 49.5 Å². The Morgan fingerprint density at radius 3 is 2.39 bits per heavy atom. The zero-order chi connectivity index (χ0) is 37.4. The van der Waals surface area contributed by atoms with Gasteiger partial charge >= 0.3 is 7.82 Å². The molecule has 4 aromatic rings. The Labute approximate surface area is 297 Å². The molecule has 0 aliphatic carbocycles. The number of aromatic amines is 1. The van der Waals surface area contributed by atoms with Gasteiger partial charge in [0.1, 0.15) is 17.9 Å². The third-order valence-corrected chi connectivity index (χ3v) is 9.09. The van der Waals surface area contributed by atoms with E-state index < -0.39 is 36.6 Å². The number of hydrogen-bond donors (Lipinski definition) is 3. The maximum absolute atomic E-state index is 13.9. The lowest BCUT2D eigenvalue weighted by atomic mass is 10.2. The first kappa shape index (κ1) is 39.8. The van der Waals surface area contributed by atoms with Crippen molar-refractivity contribution in [2.24, 2.45) is 0 Å². The number of nitrogens with one attached hydrogen (secondary N) is 3. The molecule has 0 spiro atoms. The molecular formula is C35H48F2N7O6P. The van der Waals surface area contributed by atoms with Crippen molar-refractivity contribution < 1.29 is 36.4 Å². The summed E-state index contributed by atoms with van der Waals surface area (Å²) >= 11 is 0. The molecule has 3 N–H and O–H groups in total. The number of ether oxygens (including phenoxy) is 1. The first-order valence-corrected chi connectivity index (χ1v) is 18.2. The smallest absolute Gasteiger partial charge is 0.475 e. The quantitative estimate of drug-likeness (QED) is 0.0721. The zero-order valence-corrected chi connectivity index (χ0v) is 31.3. The summed E-state index contributed by atoms with van der Waals surface area (Å²) in [5.74, 6) is -1.16. The van der Waals surface area contributed by atoms with E-state index in [0.717, 1.165) is 24.4 Å². The van der Waals surface area contributed by atoms with Crippen LogP contribution in [0.25, 0.3) is 10.9 Å². The van der Waals surface area contributed by atoms with Gasteiger partial charge in [0.15, 0.2) is 17.5 Å². The number of H-pyrrole nitrogens is 1. The van der Waals surface area contributed by atoms with E-state index in [9.17, 15) is 18.1 Å². The fraction of sp³-hybridized carbons (Fsp3) is 0.486. The summed E-state index contributed by atoms with van der Waals surface area (Å²) in [7, 11) is -3.79. The largest absolute Gasteiger partial charge is 0.493 e. The van der Waals surface area contributed by atoms with Crippen molar-refractivity contribution in [3.05, 3.63) is 66.1 Å². The molecule has 0 saturated carbocycles. The Kier molecular flexibility index (Phi) is 13.3. The number of carbonyl (C=O) groups is 1. The van der Waals surface area contributed by atoms with E-state index in [4.69, 9.17) is 18.3 Å². The molecule has 2 aromatic heterocycles. The maximum atomic E-state index is 13.9. The Bertz CT molecular complexity index is 1810. The highest BCUT2D eigenvalue weighted by molar-refractivity contribution is 7.48. The Morgan fingerprint density at radius 2 is 1.71 bits per heavy atom. The molecule has 0 saturated heterocycles. The number of anilines is 3. The van der Waals surface area contributed by atoms with Gasteiger partial charge in [0.2, 0.25) is 5.91 Å². The van der Waals surface area contributed by atoms with Crippen LogP contribution >= 0.6 is 7.82 Å². The van der Waals surface area contributed by atoms with Crippen LogP contribution in [0.1, 0.15) is 67.5 Å². The van der Waals surface area contributed by atoms with Crippen molar-refractivity contribution >= 4 is 42.0 Å². The first-order valence-electron chi connectivity index (χ1n) is 16.7. The van der Waals surface area contributed by atoms with Gasteiger partial charge in [-0.25, -0.2) is 23.3 Å². The summed E-state index contributed by atoms with van der Waals surface area (Å²) in [5.41, 5.74) is -0.543. The first-order chi connectivity index (χ1) is 23.9. The molecule has 2 heterocycles. The van der Waals surface area contributed by atoms with Crippen LogP contribution in [0.15, 0.2) is 48.8 Å². The molecule has 13 nitrogen and oxygen atoms in total. The summed E-state index contributed by atoms with van der Waals surface area (Å²) in [5, 5.41) is 13.2. The predicted octanol–water partition coefficient (Wildman–Crippen LogP) is 7.79. The monoisotopic (exact) mass is 731 g/mol. The van der Waals surface area contributed by atoms with Gasteiger partial charge in [0.25, 0.3) is 0 Å². The average Bonchev–Trinajstić information content (AvgIpc) is 3.44. The number of aromatic nitrogens is 4. The van der Waals surface area contributed by atoms with E-state index in [-0.39, 0.29) is 24.8 Å². The highest BCUT2D eigenvalue weighted by atomic mass is 31.2. The molecule has 0 unspecified atom stereocenters. The average molecular weight is 732 g/mol. The van der Waals surface area contributed by atoms with Crippen molar-refractivity contribution in [1.82, 2.24) is 25.1 Å². The molecule has 0 aliphatic rings. The minimum absolute atomic E-state index is 0.139. The van der Waals surface area contributed by atoms with E-state index in [1.807, 2.05) is 18.2 Å². The molecule has 0 fully saturated rings. The minimum Gasteiger partial charge on any atom is -0.493 e. The Hall–Kier alpha value is -4.01. The number of halogens is 2. The van der Waals surface area contributed by atoms with E-state index in [1.54, 1.807) is 47.6 Å². The second-order valence-corrected chi connectivity index (χ2v) is 15.7. The van der Waals surface area contributed by atoms with E-state index >= 15 is 0 Å². The number of carbonyl (C=O) groups excluding carboxylic acids is 1. The van der Waals surface area contributed by atoms with Gasteiger partial charge < -0.3 is 15.4 Å². The highest BCUT2D eigenvalue weighted by Gasteiger charge is 2.37. The van der Waals surface area contributed by atoms with Gasteiger partial charge in [-0.15, -0.1) is 0 Å². The Balaban J connectivity index is 1.28. The van der Waals surface area contributed by atoms with Crippen molar-refractivity contribution in [2.75, 3.05) is 36.9 Å². The molecule has 4 rings (SSSR count). The third-order valence-electron chi connectivity index (χ3n) is 7.05. The normalized spacial score (nSPS) is 12.5. The number of fused-ring (bicyclic) bond motifs is 1. The molecule has 0 atom stereocenters. The van der Waals surface area contributed by atoms with Crippen LogP contribution in [-0.4, -0.2) is 74.5 Å². The topological polar surface area (TPSA) is 153 Å². The number of benzene rings is 2. The summed E-state index contributed by atoms with van der Waals surface area (Å²) in [6.45, 7) is 16.9. The van der Waals surface area contributed by atoms with Crippen molar-refractivity contribution in [3.8, 4) is 5.75 Å². The molecule has 0 aliphatic heterocycles. The lowest BCUT2D eigenvalue weighted by Gasteiger charge is -2.32. The minimum atomic E-state index is -3.79. The molecule has 278 valence electrons. The zero-order valence-electron chi connectivity index (χ0n) is 30.4. The second-order valence-electron chi connectivity index (χ2n) is 14.2. The summed E-state index contributed by atoms with van der Waals surface area (Å²) in [6, 6.07) is 10.9. The van der Waals surface area contributed by atoms with Crippen LogP contribution in [0.3, 0.4) is 0 Å². The van der Waals surface area contributed by atoms with Crippen LogP contribution in [0, 0.1) is 11.6 Å². The molecule has 0 bridgehead atoms. The van der Waals surface area contributed by atoms with Crippen molar-refractivity contribution in [2.45, 2.75) is 85.5 Å². The molecule has 16 heteroatoms. The van der Waals surface area contributed by atoms with Crippen molar-refractivity contribution in [1.29, 1.82) is 0 Å². The summed E-state index contributed by atoms with van der Waals surface area (Å²) in [4.78, 5) is 23.3. The number of rotatable bonds is 17. The van der Waals surface area contributed by atoms with Crippen LogP contribution in [0.2, 0.25) is 0 Å². The van der Waals surface area contributed by atoms with E-state index in [1.165, 1.54) is 18.5 Å². The molecule has 2 aromatic carbocycles. The Morgan fingerprint density at radius 1 is 0.980 bits per heavy atom. The van der Waals surface area contributed by atoms with Crippen LogP contribution in [-0.2, 0) is 29.4 Å². The van der Waals surface area contributed by atoms with Gasteiger partial charge in [-0.2, -0.15) is 5.10 Å². The molecular weight excluding hydrogens is 683 g/mol. The lowest BCUT2D eigenvalue weighted by Crippen LogP contribution is -2.35. The van der Waals surface area contributed by atoms with E-state index in [0.29, 0.717) is 41.7 Å². The highest BCUT2D eigenvalue weighted by Crippen LogP contribution is 2.55. The number of hydrogen-bond acceptors (Lipinski definition) is 11. The molecule has 1 amide bonds. The molecule has 0 radical (unpaired) electrons. The maximum Gasteiger partial charge on any atom is 0.475 e. The van der Waals surface area contributed by atoms with Gasteiger partial charge in [-0.1, -0.05) is 6.07 Å². The third kappa shape index (κ3) is 12.6. The van der Waals surface area contributed by atoms with Gasteiger partial charge in [0.05, 0.1) is 42.0 Å². The summed E-state index contributed by atoms with van der Waals surface area (Å²) in [6.07, 6.45) is 2.01. The summed E-state index contributed by atoms with van der Waals surface area (Å²) < 4.78 is 64.0. The number of phosphoric ester groups is 1. The van der Waals surface area contributed by atoms with Gasteiger partial charge in [-0.3, -0.25) is 28.4 Å². The van der Waals surface area contributed by atoms with Crippen LogP contribution in [0.5, 0.6) is 5.75 Å². The van der Waals surface area contributed by atoms with Crippen LogP contribution in [0.4, 0.5) is 26.1 Å². The fourth-order valence-electron chi connectivity index (χ4n) is 4.93. The number of amides is 1. The number of phosphoric acid groups is 1. The SMILES string of the molecule is CC(C)N(CCCOc1ccc2c(Nc3cc(CC(=O)Nc4cccc(F)c4F)[nH]n3)ncnc2c1)CCOP(=O)(OC(C)(C)C)OC(C)(C)C. The number of nitrogens with zero attached hydrogens (tertiary/aromatic N) is 4. The van der Waals surface area contributed by atoms with Crippen LogP contribution < -0.4 is 15.4 Å².